The van der Waals surface area contributed by atoms with Crippen LogP contribution in [0, 0.1) is 0 Å². The molecule has 224 valence electrons. The fourth-order valence-electron chi connectivity index (χ4n) is 5.43. The van der Waals surface area contributed by atoms with E-state index in [0.29, 0.717) is 0 Å². The summed E-state index contributed by atoms with van der Waals surface area (Å²) in [6.07, 6.45) is 2.41. The molecule has 0 saturated carbocycles. The molecule has 4 aromatic carbocycles. The zero-order chi connectivity index (χ0) is 31.0. The molecule has 0 aliphatic heterocycles. The van der Waals surface area contributed by atoms with E-state index >= 15 is 0 Å². The van der Waals surface area contributed by atoms with Crippen LogP contribution in [-0.2, 0) is 8.23 Å². The van der Waals surface area contributed by atoms with Gasteiger partial charge in [0.2, 0.25) is 0 Å². The molecule has 0 bridgehead atoms. The predicted molar refractivity (Wildman–Crippen MR) is 201 cm³/mol. The Morgan fingerprint density at radius 3 is 1.12 bits per heavy atom. The summed E-state index contributed by atoms with van der Waals surface area (Å²) < 4.78 is 15.4. The van der Waals surface area contributed by atoms with Gasteiger partial charge < -0.3 is 8.23 Å². The van der Waals surface area contributed by atoms with E-state index in [2.05, 4.69) is 190 Å². The normalized spacial score (nSPS) is 13.3. The van der Waals surface area contributed by atoms with Crippen LogP contribution < -0.4 is 20.7 Å². The van der Waals surface area contributed by atoms with Gasteiger partial charge in [0.1, 0.15) is 0 Å². The summed E-state index contributed by atoms with van der Waals surface area (Å²) in [6, 6.07) is 44.7. The zero-order valence-corrected chi connectivity index (χ0v) is 32.1. The third kappa shape index (κ3) is 8.73. The molecule has 43 heavy (non-hydrogen) atoms. The first-order chi connectivity index (χ1) is 20.5. The van der Waals surface area contributed by atoms with Crippen molar-refractivity contribution < 1.29 is 8.23 Å². The molecule has 0 fully saturated rings. The van der Waals surface area contributed by atoms with Gasteiger partial charge in [0.05, 0.1) is 8.07 Å². The molecule has 2 nitrogen and oxygen atoms in total. The van der Waals surface area contributed by atoms with Crippen molar-refractivity contribution in [1.29, 1.82) is 0 Å². The maximum absolute atomic E-state index is 7.72. The van der Waals surface area contributed by atoms with E-state index in [1.165, 1.54) is 20.7 Å². The first-order valence-electron chi connectivity index (χ1n) is 15.5. The molecular weight excluding hydrogens is 605 g/mol. The second-order valence-corrected chi connectivity index (χ2v) is 31.9. The van der Waals surface area contributed by atoms with E-state index in [1.807, 2.05) is 0 Å². The third-order valence-electron chi connectivity index (χ3n) is 7.40. The van der Waals surface area contributed by atoms with Gasteiger partial charge in [0.15, 0.2) is 0 Å². The minimum atomic E-state index is -2.85. The van der Waals surface area contributed by atoms with Crippen molar-refractivity contribution in [2.45, 2.75) is 51.9 Å². The van der Waals surface area contributed by atoms with Gasteiger partial charge in [-0.2, -0.15) is 0 Å². The van der Waals surface area contributed by atoms with Crippen LogP contribution in [0.1, 0.15) is 0 Å². The van der Waals surface area contributed by atoms with Crippen molar-refractivity contribution >= 4 is 62.8 Å². The molecule has 0 aliphatic carbocycles. The lowest BCUT2D eigenvalue weighted by Gasteiger charge is -2.42. The second-order valence-electron chi connectivity index (χ2n) is 13.3. The monoisotopic (exact) mass is 652 g/mol. The van der Waals surface area contributed by atoms with Crippen molar-refractivity contribution in [2.24, 2.45) is 0 Å². The lowest BCUT2D eigenvalue weighted by molar-refractivity contribution is 0.410. The summed E-state index contributed by atoms with van der Waals surface area (Å²) in [5, 5.41) is 5.04. The Hall–Kier alpha value is -2.64. The minimum Gasteiger partial charge on any atom is -0.426 e. The number of benzene rings is 4. The molecular formula is C36H48O2Si5. The van der Waals surface area contributed by atoms with Crippen LogP contribution in [0.25, 0.3) is 0 Å². The highest BCUT2D eigenvalue weighted by atomic mass is 28.5. The van der Waals surface area contributed by atoms with Crippen molar-refractivity contribution in [3.05, 3.63) is 145 Å². The molecule has 0 aromatic heterocycles. The second kappa shape index (κ2) is 14.4. The number of allylic oxidation sites excluding steroid dienone is 1. The maximum atomic E-state index is 7.72. The first-order valence-corrected chi connectivity index (χ1v) is 29.0. The summed E-state index contributed by atoms with van der Waals surface area (Å²) in [7, 11) is -10.8. The van der Waals surface area contributed by atoms with Gasteiger partial charge in [0.25, 0.3) is 16.6 Å². The van der Waals surface area contributed by atoms with Crippen LogP contribution in [0.4, 0.5) is 0 Å². The van der Waals surface area contributed by atoms with Gasteiger partial charge in [-0.3, -0.25) is 0 Å². The first kappa shape index (κ1) is 33.3. The molecule has 0 amide bonds. The zero-order valence-electron chi connectivity index (χ0n) is 27.0. The van der Waals surface area contributed by atoms with Crippen LogP contribution in [0.15, 0.2) is 145 Å². The minimum absolute atomic E-state index is 0.782. The lowest BCUT2D eigenvalue weighted by Crippen LogP contribution is -2.70. The van der Waals surface area contributed by atoms with Crippen LogP contribution in [-0.4, -0.2) is 42.1 Å². The Bertz CT molecular complexity index is 1390. The Balaban J connectivity index is 1.93. The molecule has 0 N–H and O–H groups in total. The summed E-state index contributed by atoms with van der Waals surface area (Å²) in [6.45, 7) is 16.5. The van der Waals surface area contributed by atoms with Crippen molar-refractivity contribution in [3.63, 3.8) is 0 Å². The molecule has 0 aliphatic rings. The van der Waals surface area contributed by atoms with E-state index in [0.717, 1.165) is 6.04 Å². The topological polar surface area (TPSA) is 18.5 Å². The lowest BCUT2D eigenvalue weighted by atomic mass is 10.4. The fourth-order valence-corrected chi connectivity index (χ4v) is 23.2. The van der Waals surface area contributed by atoms with Crippen molar-refractivity contribution in [3.8, 4) is 0 Å². The largest absolute Gasteiger partial charge is 0.426 e. The number of hydrogen-bond donors (Lipinski definition) is 0. The molecule has 0 heterocycles. The Labute approximate surface area is 266 Å². The third-order valence-corrected chi connectivity index (χ3v) is 22.7. The highest BCUT2D eigenvalue weighted by Crippen LogP contribution is 2.24. The molecule has 7 heteroatoms. The fraction of sp³-hybridized carbons (Fsp3) is 0.222. The van der Waals surface area contributed by atoms with E-state index in [4.69, 9.17) is 8.23 Å². The molecule has 0 atom stereocenters. The quantitative estimate of drug-likeness (QED) is 0.148. The molecule has 0 saturated heterocycles. The molecule has 4 aromatic rings. The highest BCUT2D eigenvalue weighted by Gasteiger charge is 2.49. The molecule has 0 radical (unpaired) electrons. The van der Waals surface area contributed by atoms with Crippen molar-refractivity contribution in [1.82, 2.24) is 0 Å². The van der Waals surface area contributed by atoms with Gasteiger partial charge in [0, 0.05) is 8.80 Å². The van der Waals surface area contributed by atoms with Crippen molar-refractivity contribution in [2.75, 3.05) is 0 Å². The van der Waals surface area contributed by atoms with Gasteiger partial charge in [-0.1, -0.05) is 177 Å². The summed E-state index contributed by atoms with van der Waals surface area (Å²) in [5.74, 6) is 0. The number of hydrogen-bond acceptors (Lipinski definition) is 2. The summed E-state index contributed by atoms with van der Waals surface area (Å²) >= 11 is 0. The Morgan fingerprint density at radius 1 is 0.488 bits per heavy atom. The molecule has 4 rings (SSSR count). The van der Waals surface area contributed by atoms with Gasteiger partial charge in [-0.05, 0) is 39.9 Å². The molecule has 0 unspecified atom stereocenters. The average molecular weight is 653 g/mol. The SMILES string of the molecule is C[SiH](C)CC=C[Si](O[Si](C)(C)O[Si](C=C[Si](C)(C)C)(c1ccccc1)c1ccccc1)(c1ccccc1)c1ccccc1. The van der Waals surface area contributed by atoms with Gasteiger partial charge in [-0.25, -0.2) is 0 Å². The standard InChI is InChI=1S/C36H48O2Si5/c1-39(2)29-20-30-42(33-21-12-8-13-22-33,34-23-14-9-15-24-34)37-41(6,7)38-43(32-31-40(3,4)5,35-25-16-10-17-26-35)36-27-18-11-19-28-36/h8-28,30-32,39H,29H2,1-7H3. The number of rotatable bonds is 13. The Kier molecular flexibility index (Phi) is 11.2. The Morgan fingerprint density at radius 2 is 0.814 bits per heavy atom. The van der Waals surface area contributed by atoms with Crippen LogP contribution in [0.2, 0.25) is 51.9 Å². The van der Waals surface area contributed by atoms with Crippen LogP contribution in [0.3, 0.4) is 0 Å². The predicted octanol–water partition coefficient (Wildman–Crippen LogP) is 6.80. The van der Waals surface area contributed by atoms with E-state index in [-0.39, 0.29) is 0 Å². The highest BCUT2D eigenvalue weighted by molar-refractivity contribution is 7.09. The van der Waals surface area contributed by atoms with Crippen LogP contribution in [0.5, 0.6) is 0 Å². The van der Waals surface area contributed by atoms with E-state index in [1.54, 1.807) is 0 Å². The summed E-state index contributed by atoms with van der Waals surface area (Å²) in [4.78, 5) is 0. The molecule has 0 spiro atoms. The average Bonchev–Trinajstić information content (AvgIpc) is 3.00. The van der Waals surface area contributed by atoms with Crippen LogP contribution >= 0.6 is 0 Å². The van der Waals surface area contributed by atoms with E-state index < -0.39 is 42.1 Å². The van der Waals surface area contributed by atoms with E-state index in [9.17, 15) is 0 Å². The maximum Gasteiger partial charge on any atom is 0.312 e. The smallest absolute Gasteiger partial charge is 0.312 e. The van der Waals surface area contributed by atoms with Gasteiger partial charge >= 0.3 is 8.56 Å². The van der Waals surface area contributed by atoms with Gasteiger partial charge in [-0.15, -0.1) is 0 Å². The summed E-state index contributed by atoms with van der Waals surface area (Å²) in [5.41, 5.74) is 7.40.